The molecule has 0 aromatic rings. The van der Waals surface area contributed by atoms with Gasteiger partial charge in [0.1, 0.15) is 6.04 Å². The van der Waals surface area contributed by atoms with Gasteiger partial charge < -0.3 is 25.7 Å². The van der Waals surface area contributed by atoms with Gasteiger partial charge in [-0.1, -0.05) is 76.9 Å². The highest BCUT2D eigenvalue weighted by atomic mass is 32.2. The largest absolute Gasteiger partial charge is 0.480 e. The molecule has 0 saturated carbocycles. The Balaban J connectivity index is 0. The molecule has 0 rings (SSSR count). The first-order chi connectivity index (χ1) is 18.1. The standard InChI is InChI=1S/C23H45NO2S.C6H15NO3/c1-3-4-5-6-7-8-9-10-11-12-13-14-15-16-17-18-20-24-22(23(25)26)19-21-27-2;8-4-1-7(2-5-9)3-6-10/h10-11,22,24H,3-9,12-21H2,1-2H3,(H,25,26);8-10H,1-6H2/b11-10-;. The van der Waals surface area contributed by atoms with Crippen LogP contribution in [0.3, 0.4) is 0 Å². The Kier molecular flexibility index (Phi) is 34.7. The predicted octanol–water partition coefficient (Wildman–Crippen LogP) is 5.09. The van der Waals surface area contributed by atoms with Crippen LogP contribution in [0.15, 0.2) is 12.2 Å². The lowest BCUT2D eigenvalue weighted by atomic mass is 10.1. The van der Waals surface area contributed by atoms with Crippen LogP contribution in [0.4, 0.5) is 0 Å². The Bertz CT molecular complexity index is 469. The summed E-state index contributed by atoms with van der Waals surface area (Å²) in [6.45, 7) is 4.85. The summed E-state index contributed by atoms with van der Waals surface area (Å²) in [5, 5.41) is 37.8. The van der Waals surface area contributed by atoms with E-state index in [1.165, 1.54) is 83.5 Å². The van der Waals surface area contributed by atoms with Crippen molar-refractivity contribution in [2.75, 3.05) is 58.0 Å². The molecule has 0 spiro atoms. The summed E-state index contributed by atoms with van der Waals surface area (Å²) in [6.07, 6.45) is 25.8. The van der Waals surface area contributed by atoms with Gasteiger partial charge in [0.2, 0.25) is 0 Å². The van der Waals surface area contributed by atoms with Gasteiger partial charge in [0, 0.05) is 19.6 Å². The molecule has 0 aliphatic rings. The van der Waals surface area contributed by atoms with E-state index < -0.39 is 5.97 Å². The van der Waals surface area contributed by atoms with Crippen molar-refractivity contribution >= 4 is 17.7 Å². The lowest BCUT2D eigenvalue weighted by molar-refractivity contribution is -0.139. The molecule has 0 bridgehead atoms. The number of aliphatic carboxylic acids is 1. The molecule has 1 atom stereocenters. The minimum Gasteiger partial charge on any atom is -0.480 e. The van der Waals surface area contributed by atoms with E-state index in [1.54, 1.807) is 16.7 Å². The summed E-state index contributed by atoms with van der Waals surface area (Å²) in [5.74, 6) is 0.186. The normalized spacial score (nSPS) is 12.2. The molecule has 0 amide bonds. The molecule has 7 nitrogen and oxygen atoms in total. The molecule has 0 heterocycles. The van der Waals surface area contributed by atoms with Crippen LogP contribution in [0.2, 0.25) is 0 Å². The van der Waals surface area contributed by atoms with Gasteiger partial charge in [-0.3, -0.25) is 9.69 Å². The van der Waals surface area contributed by atoms with Gasteiger partial charge in [0.15, 0.2) is 0 Å². The Hall–Kier alpha value is -0.640. The second-order valence-corrected chi connectivity index (χ2v) is 10.6. The molecule has 0 fully saturated rings. The average Bonchev–Trinajstić information content (AvgIpc) is 2.88. The number of carboxylic acids is 1. The molecule has 222 valence electrons. The Morgan fingerprint density at radius 3 is 1.68 bits per heavy atom. The van der Waals surface area contributed by atoms with Gasteiger partial charge in [-0.2, -0.15) is 11.8 Å². The van der Waals surface area contributed by atoms with Crippen LogP contribution in [0, 0.1) is 0 Å². The van der Waals surface area contributed by atoms with E-state index in [1.807, 2.05) is 6.26 Å². The fourth-order valence-corrected chi connectivity index (χ4v) is 4.43. The van der Waals surface area contributed by atoms with Crippen LogP contribution in [-0.4, -0.2) is 95.3 Å². The van der Waals surface area contributed by atoms with E-state index in [0.29, 0.717) is 26.1 Å². The molecule has 1 unspecified atom stereocenters. The van der Waals surface area contributed by atoms with E-state index in [2.05, 4.69) is 24.4 Å². The molecule has 0 aliphatic heterocycles. The summed E-state index contributed by atoms with van der Waals surface area (Å²) < 4.78 is 0. The zero-order chi connectivity index (χ0) is 27.8. The van der Waals surface area contributed by atoms with Crippen molar-refractivity contribution in [1.82, 2.24) is 10.2 Å². The number of nitrogens with zero attached hydrogens (tertiary/aromatic N) is 1. The fourth-order valence-electron chi connectivity index (χ4n) is 3.96. The molecule has 5 N–H and O–H groups in total. The minimum absolute atomic E-state index is 0.0694. The maximum Gasteiger partial charge on any atom is 0.320 e. The number of thioether (sulfide) groups is 1. The van der Waals surface area contributed by atoms with Crippen LogP contribution >= 0.6 is 11.8 Å². The molecule has 37 heavy (non-hydrogen) atoms. The van der Waals surface area contributed by atoms with Crippen molar-refractivity contribution < 1.29 is 25.2 Å². The third-order valence-electron chi connectivity index (χ3n) is 6.24. The fraction of sp³-hybridized carbons (Fsp3) is 0.897. The maximum atomic E-state index is 11.1. The number of aliphatic hydroxyl groups is 3. The SMILES string of the molecule is CCCCCCCC/C=C\CCCCCCCCNC(CCSC)C(=O)O.OCCN(CCO)CCO. The zero-order valence-corrected chi connectivity index (χ0v) is 24.9. The summed E-state index contributed by atoms with van der Waals surface area (Å²) in [4.78, 5) is 12.9. The van der Waals surface area contributed by atoms with Crippen molar-refractivity contribution in [3.63, 3.8) is 0 Å². The molecular formula is C29H60N2O5S. The molecule has 0 aliphatic carbocycles. The number of aliphatic hydroxyl groups excluding tert-OH is 3. The third-order valence-corrected chi connectivity index (χ3v) is 6.88. The van der Waals surface area contributed by atoms with E-state index in [0.717, 1.165) is 18.7 Å². The van der Waals surface area contributed by atoms with Gasteiger partial charge in [0.25, 0.3) is 0 Å². The number of hydrogen-bond acceptors (Lipinski definition) is 7. The summed E-state index contributed by atoms with van der Waals surface area (Å²) in [5.41, 5.74) is 0. The first kappa shape index (κ1) is 38.5. The van der Waals surface area contributed by atoms with Gasteiger partial charge >= 0.3 is 5.97 Å². The molecule has 0 saturated heterocycles. The van der Waals surface area contributed by atoms with Crippen LogP contribution in [-0.2, 0) is 4.79 Å². The Morgan fingerprint density at radius 2 is 1.24 bits per heavy atom. The first-order valence-corrected chi connectivity index (χ1v) is 16.1. The van der Waals surface area contributed by atoms with Crippen molar-refractivity contribution in [3.05, 3.63) is 12.2 Å². The van der Waals surface area contributed by atoms with Crippen LogP contribution in [0.1, 0.15) is 103 Å². The van der Waals surface area contributed by atoms with Gasteiger partial charge in [-0.25, -0.2) is 0 Å². The van der Waals surface area contributed by atoms with Crippen LogP contribution in [0.25, 0.3) is 0 Å². The van der Waals surface area contributed by atoms with Crippen molar-refractivity contribution in [2.45, 2.75) is 109 Å². The molecule has 0 aromatic carbocycles. The number of carboxylic acid groups (broad SMARTS) is 1. The molecule has 8 heteroatoms. The van der Waals surface area contributed by atoms with Crippen molar-refractivity contribution in [1.29, 1.82) is 0 Å². The second kappa shape index (κ2) is 33.4. The van der Waals surface area contributed by atoms with Crippen molar-refractivity contribution in [3.8, 4) is 0 Å². The summed E-state index contributed by atoms with van der Waals surface area (Å²) >= 11 is 1.70. The smallest absolute Gasteiger partial charge is 0.320 e. The quantitative estimate of drug-likeness (QED) is 0.0713. The zero-order valence-electron chi connectivity index (χ0n) is 24.0. The average molecular weight is 549 g/mol. The number of unbranched alkanes of at least 4 members (excludes halogenated alkanes) is 12. The first-order valence-electron chi connectivity index (χ1n) is 14.7. The Morgan fingerprint density at radius 1 is 0.784 bits per heavy atom. The number of nitrogens with one attached hydrogen (secondary N) is 1. The summed E-state index contributed by atoms with van der Waals surface area (Å²) in [7, 11) is 0. The number of carbonyl (C=O) groups is 1. The predicted molar refractivity (Wildman–Crippen MR) is 160 cm³/mol. The van der Waals surface area contributed by atoms with Gasteiger partial charge in [0.05, 0.1) is 19.8 Å². The van der Waals surface area contributed by atoms with Crippen LogP contribution in [0.5, 0.6) is 0 Å². The second-order valence-electron chi connectivity index (χ2n) is 9.58. The van der Waals surface area contributed by atoms with E-state index >= 15 is 0 Å². The lowest BCUT2D eigenvalue weighted by Gasteiger charge is -2.17. The van der Waals surface area contributed by atoms with E-state index in [-0.39, 0.29) is 25.9 Å². The van der Waals surface area contributed by atoms with E-state index in [4.69, 9.17) is 20.4 Å². The molecule has 0 aromatic heterocycles. The number of hydrogen-bond donors (Lipinski definition) is 5. The van der Waals surface area contributed by atoms with Crippen LogP contribution < -0.4 is 5.32 Å². The number of rotatable bonds is 27. The topological polar surface area (TPSA) is 113 Å². The Labute approximate surface area is 232 Å². The minimum atomic E-state index is -0.714. The summed E-state index contributed by atoms with van der Waals surface area (Å²) in [6, 6.07) is -0.374. The lowest BCUT2D eigenvalue weighted by Crippen LogP contribution is -2.37. The highest BCUT2D eigenvalue weighted by Gasteiger charge is 2.15. The number of allylic oxidation sites excluding steroid dienone is 2. The van der Waals surface area contributed by atoms with Gasteiger partial charge in [-0.05, 0) is 57.1 Å². The maximum absolute atomic E-state index is 11.1. The van der Waals surface area contributed by atoms with E-state index in [9.17, 15) is 4.79 Å². The van der Waals surface area contributed by atoms with Crippen molar-refractivity contribution in [2.24, 2.45) is 0 Å². The molecule has 0 radical (unpaired) electrons. The van der Waals surface area contributed by atoms with Gasteiger partial charge in [-0.15, -0.1) is 0 Å². The monoisotopic (exact) mass is 548 g/mol. The molecular weight excluding hydrogens is 488 g/mol. The third kappa shape index (κ3) is 31.5. The highest BCUT2D eigenvalue weighted by Crippen LogP contribution is 2.10. The highest BCUT2D eigenvalue weighted by molar-refractivity contribution is 7.98.